The molecule has 1 atom stereocenters. The number of carbonyl (C=O) groups excluding carboxylic acids is 1. The molecule has 1 aliphatic heterocycles. The van der Waals surface area contributed by atoms with Gasteiger partial charge in [0.25, 0.3) is 0 Å². The molecule has 1 aromatic rings. The number of methoxy groups -OCH3 is 1. The Kier molecular flexibility index (Phi) is 5.71. The van der Waals surface area contributed by atoms with Gasteiger partial charge in [0, 0.05) is 18.3 Å². The van der Waals surface area contributed by atoms with Crippen LogP contribution in [0.2, 0.25) is 0 Å². The highest BCUT2D eigenvalue weighted by molar-refractivity contribution is 5.88. The molecular formula is C17H27N3O3. The number of nitrogens with one attached hydrogen (secondary N) is 3. The zero-order chi connectivity index (χ0) is 16.9. The Morgan fingerprint density at radius 1 is 1.39 bits per heavy atom. The molecule has 0 radical (unpaired) electrons. The number of ether oxygens (including phenoxy) is 2. The Morgan fingerprint density at radius 3 is 2.78 bits per heavy atom. The number of hydrogen-bond acceptors (Lipinski definition) is 5. The molecule has 128 valence electrons. The monoisotopic (exact) mass is 321 g/mol. The van der Waals surface area contributed by atoms with Crippen LogP contribution in [0.25, 0.3) is 0 Å². The molecule has 1 heterocycles. The molecule has 0 bridgehead atoms. The first-order chi connectivity index (χ1) is 10.9. The Morgan fingerprint density at radius 2 is 2.17 bits per heavy atom. The van der Waals surface area contributed by atoms with E-state index < -0.39 is 11.7 Å². The molecule has 1 amide bonds. The summed E-state index contributed by atoms with van der Waals surface area (Å²) in [5.74, 6) is 0.598. The van der Waals surface area contributed by atoms with Gasteiger partial charge >= 0.3 is 6.09 Å². The largest absolute Gasteiger partial charge is 0.495 e. The van der Waals surface area contributed by atoms with E-state index in [2.05, 4.69) is 16.0 Å². The van der Waals surface area contributed by atoms with Gasteiger partial charge in [-0.3, -0.25) is 5.32 Å². The lowest BCUT2D eigenvalue weighted by Gasteiger charge is -2.20. The fourth-order valence-electron chi connectivity index (χ4n) is 2.50. The topological polar surface area (TPSA) is 71.6 Å². The van der Waals surface area contributed by atoms with Gasteiger partial charge in [-0.2, -0.15) is 0 Å². The maximum atomic E-state index is 12.0. The van der Waals surface area contributed by atoms with Crippen molar-refractivity contribution in [1.82, 2.24) is 5.32 Å². The summed E-state index contributed by atoms with van der Waals surface area (Å²) in [6.45, 7) is 7.43. The molecule has 3 N–H and O–H groups in total. The van der Waals surface area contributed by atoms with Crippen molar-refractivity contribution in [3.8, 4) is 5.75 Å². The van der Waals surface area contributed by atoms with E-state index in [1.54, 1.807) is 7.11 Å². The minimum Gasteiger partial charge on any atom is -0.495 e. The van der Waals surface area contributed by atoms with Crippen LogP contribution in [0.3, 0.4) is 0 Å². The average Bonchev–Trinajstić information content (AvgIpc) is 2.96. The van der Waals surface area contributed by atoms with Gasteiger partial charge in [-0.15, -0.1) is 0 Å². The Balaban J connectivity index is 2.01. The summed E-state index contributed by atoms with van der Waals surface area (Å²) >= 11 is 0. The molecule has 0 saturated carbocycles. The third kappa shape index (κ3) is 5.63. The summed E-state index contributed by atoms with van der Waals surface area (Å²) in [5, 5.41) is 9.58. The third-order valence-electron chi connectivity index (χ3n) is 3.55. The van der Waals surface area contributed by atoms with E-state index in [1.807, 2.05) is 39.0 Å². The first-order valence-corrected chi connectivity index (χ1v) is 8.03. The third-order valence-corrected chi connectivity index (χ3v) is 3.55. The molecule has 6 nitrogen and oxygen atoms in total. The minimum absolute atomic E-state index is 0.495. The van der Waals surface area contributed by atoms with Crippen molar-refractivity contribution < 1.29 is 14.3 Å². The maximum absolute atomic E-state index is 12.0. The summed E-state index contributed by atoms with van der Waals surface area (Å²) in [6.07, 6.45) is 1.91. The molecule has 1 fully saturated rings. The smallest absolute Gasteiger partial charge is 0.412 e. The number of benzene rings is 1. The van der Waals surface area contributed by atoms with Gasteiger partial charge in [-0.25, -0.2) is 4.79 Å². The number of carbonyl (C=O) groups is 1. The molecule has 1 aromatic carbocycles. The molecule has 1 unspecified atom stereocenters. The molecule has 0 aliphatic carbocycles. The van der Waals surface area contributed by atoms with Crippen LogP contribution in [-0.4, -0.2) is 37.9 Å². The summed E-state index contributed by atoms with van der Waals surface area (Å²) in [6, 6.07) is 6.13. The first kappa shape index (κ1) is 17.4. The van der Waals surface area contributed by atoms with E-state index in [-0.39, 0.29) is 0 Å². The summed E-state index contributed by atoms with van der Waals surface area (Å²) < 4.78 is 10.6. The van der Waals surface area contributed by atoms with Crippen LogP contribution in [-0.2, 0) is 4.74 Å². The van der Waals surface area contributed by atoms with Crippen molar-refractivity contribution in [1.29, 1.82) is 0 Å². The lowest BCUT2D eigenvalue weighted by molar-refractivity contribution is 0.0635. The van der Waals surface area contributed by atoms with Crippen LogP contribution in [0, 0.1) is 0 Å². The predicted octanol–water partition coefficient (Wildman–Crippen LogP) is 3.21. The minimum atomic E-state index is -0.540. The van der Waals surface area contributed by atoms with Crippen molar-refractivity contribution in [3.05, 3.63) is 18.2 Å². The van der Waals surface area contributed by atoms with E-state index in [1.165, 1.54) is 12.8 Å². The normalized spacial score (nSPS) is 17.7. The highest BCUT2D eigenvalue weighted by Crippen LogP contribution is 2.28. The Hall–Kier alpha value is -1.95. The molecule has 1 saturated heterocycles. The van der Waals surface area contributed by atoms with Gasteiger partial charge in [0.1, 0.15) is 11.4 Å². The molecule has 6 heteroatoms. The molecule has 1 aliphatic rings. The number of amides is 1. The standard InChI is InChI=1S/C17H27N3O3/c1-17(2,3)23-16(21)20-14-10-12(7-8-15(14)22-4)19-11-13-6-5-9-18-13/h7-8,10,13,18-19H,5-6,9,11H2,1-4H3,(H,20,21). The van der Waals surface area contributed by atoms with Gasteiger partial charge in [0.2, 0.25) is 0 Å². The molecule has 0 spiro atoms. The van der Waals surface area contributed by atoms with E-state index >= 15 is 0 Å². The second kappa shape index (κ2) is 7.55. The lowest BCUT2D eigenvalue weighted by Crippen LogP contribution is -2.29. The number of anilines is 2. The zero-order valence-electron chi connectivity index (χ0n) is 14.4. The SMILES string of the molecule is COc1ccc(NCC2CCCN2)cc1NC(=O)OC(C)(C)C. The second-order valence-electron chi connectivity index (χ2n) is 6.72. The Bertz CT molecular complexity index is 534. The predicted molar refractivity (Wildman–Crippen MR) is 92.4 cm³/mol. The van der Waals surface area contributed by atoms with E-state index in [4.69, 9.17) is 9.47 Å². The first-order valence-electron chi connectivity index (χ1n) is 8.03. The van der Waals surface area contributed by atoms with E-state index in [0.29, 0.717) is 17.5 Å². The van der Waals surface area contributed by atoms with E-state index in [9.17, 15) is 4.79 Å². The van der Waals surface area contributed by atoms with Gasteiger partial charge in [0.05, 0.1) is 12.8 Å². The summed E-state index contributed by atoms with van der Waals surface area (Å²) in [5.41, 5.74) is 0.984. The van der Waals surface area contributed by atoms with Crippen LogP contribution < -0.4 is 20.7 Å². The zero-order valence-corrected chi connectivity index (χ0v) is 14.4. The summed E-state index contributed by atoms with van der Waals surface area (Å²) in [4.78, 5) is 12.0. The number of hydrogen-bond donors (Lipinski definition) is 3. The van der Waals surface area contributed by atoms with Gasteiger partial charge in [0.15, 0.2) is 0 Å². The lowest BCUT2D eigenvalue weighted by atomic mass is 10.2. The van der Waals surface area contributed by atoms with Gasteiger partial charge in [-0.1, -0.05) is 0 Å². The van der Waals surface area contributed by atoms with Crippen molar-refractivity contribution in [3.63, 3.8) is 0 Å². The second-order valence-corrected chi connectivity index (χ2v) is 6.72. The highest BCUT2D eigenvalue weighted by Gasteiger charge is 2.18. The fourth-order valence-corrected chi connectivity index (χ4v) is 2.50. The van der Waals surface area contributed by atoms with Crippen molar-refractivity contribution in [2.24, 2.45) is 0 Å². The highest BCUT2D eigenvalue weighted by atomic mass is 16.6. The quantitative estimate of drug-likeness (QED) is 0.777. The van der Waals surface area contributed by atoms with Gasteiger partial charge < -0.3 is 20.1 Å². The Labute approximate surface area is 137 Å². The van der Waals surface area contributed by atoms with Crippen LogP contribution in [0.5, 0.6) is 5.75 Å². The maximum Gasteiger partial charge on any atom is 0.412 e. The van der Waals surface area contributed by atoms with Crippen molar-refractivity contribution >= 4 is 17.5 Å². The van der Waals surface area contributed by atoms with Crippen molar-refractivity contribution in [2.45, 2.75) is 45.3 Å². The van der Waals surface area contributed by atoms with Crippen molar-refractivity contribution in [2.75, 3.05) is 30.8 Å². The summed E-state index contributed by atoms with van der Waals surface area (Å²) in [7, 11) is 1.57. The fraction of sp³-hybridized carbons (Fsp3) is 0.588. The molecule has 2 rings (SSSR count). The number of rotatable bonds is 5. The molecule has 0 aromatic heterocycles. The van der Waals surface area contributed by atoms with Gasteiger partial charge in [-0.05, 0) is 58.4 Å². The van der Waals surface area contributed by atoms with Crippen LogP contribution >= 0.6 is 0 Å². The van der Waals surface area contributed by atoms with Crippen LogP contribution in [0.15, 0.2) is 18.2 Å². The molecule has 23 heavy (non-hydrogen) atoms. The van der Waals surface area contributed by atoms with E-state index in [0.717, 1.165) is 18.8 Å². The average molecular weight is 321 g/mol. The van der Waals surface area contributed by atoms with Crippen LogP contribution in [0.4, 0.5) is 16.2 Å². The van der Waals surface area contributed by atoms with Crippen LogP contribution in [0.1, 0.15) is 33.6 Å². The molecular weight excluding hydrogens is 294 g/mol.